The Kier molecular flexibility index (Phi) is 7.97. The second kappa shape index (κ2) is 10.4. The molecule has 0 aliphatic heterocycles. The number of Topliss-reactive ketones (excluding diaryl/α,β-unsaturated/α-hetero) is 1. The number of carbonyl (C=O) groups is 1. The van der Waals surface area contributed by atoms with Crippen molar-refractivity contribution in [2.75, 3.05) is 0 Å². The van der Waals surface area contributed by atoms with Crippen molar-refractivity contribution in [2.24, 2.45) is 23.2 Å². The highest BCUT2D eigenvalue weighted by Crippen LogP contribution is 2.64. The molecule has 0 radical (unpaired) electrons. The number of hydrogen-bond acceptors (Lipinski definition) is 3. The molecular formula is C28H39F3O4S. The number of aryl methyl sites for hydroxylation is 1. The van der Waals surface area contributed by atoms with Crippen LogP contribution in [0.15, 0.2) is 17.0 Å². The maximum atomic E-state index is 14.1. The smallest absolute Gasteiger partial charge is 0.299 e. The molecule has 36 heavy (non-hydrogen) atoms. The number of hydrogen-bond donors (Lipinski definition) is 1. The highest BCUT2D eigenvalue weighted by Gasteiger charge is 2.57. The van der Waals surface area contributed by atoms with Crippen LogP contribution in [0.4, 0.5) is 13.2 Å². The average molecular weight is 529 g/mol. The average Bonchev–Trinajstić information content (AvgIpc) is 3.16. The highest BCUT2D eigenvalue weighted by atomic mass is 32.2. The summed E-state index contributed by atoms with van der Waals surface area (Å²) in [5, 5.41) is 0. The molecule has 0 unspecified atom stereocenters. The van der Waals surface area contributed by atoms with Crippen LogP contribution in [0, 0.1) is 23.2 Å². The predicted molar refractivity (Wildman–Crippen MR) is 132 cm³/mol. The van der Waals surface area contributed by atoms with Crippen molar-refractivity contribution >= 4 is 15.9 Å². The van der Waals surface area contributed by atoms with Gasteiger partial charge in [-0.05, 0) is 91.4 Å². The van der Waals surface area contributed by atoms with Gasteiger partial charge in [0.15, 0.2) is 0 Å². The van der Waals surface area contributed by atoms with Gasteiger partial charge < -0.3 is 0 Å². The molecule has 0 bridgehead atoms. The molecule has 4 rings (SSSR count). The number of halogens is 3. The van der Waals surface area contributed by atoms with Crippen molar-refractivity contribution in [3.05, 3.63) is 28.8 Å². The second-order valence-corrected chi connectivity index (χ2v) is 13.0. The molecule has 2 saturated carbocycles. The van der Waals surface area contributed by atoms with Crippen LogP contribution >= 0.6 is 0 Å². The third kappa shape index (κ3) is 5.27. The van der Waals surface area contributed by atoms with Gasteiger partial charge in [-0.15, -0.1) is 0 Å². The van der Waals surface area contributed by atoms with Gasteiger partial charge in [-0.1, -0.05) is 46.0 Å². The lowest BCUT2D eigenvalue weighted by atomic mass is 9.53. The Bertz CT molecular complexity index is 1080. The summed E-state index contributed by atoms with van der Waals surface area (Å²) in [6.45, 7) is 4.37. The second-order valence-electron chi connectivity index (χ2n) is 11.6. The Labute approximate surface area is 213 Å². The van der Waals surface area contributed by atoms with Crippen LogP contribution in [-0.2, 0) is 27.5 Å². The van der Waals surface area contributed by atoms with Crippen LogP contribution in [-0.4, -0.2) is 18.8 Å². The number of alkyl halides is 3. The fraction of sp³-hybridized carbons (Fsp3) is 0.750. The van der Waals surface area contributed by atoms with Gasteiger partial charge in [-0.25, -0.2) is 0 Å². The lowest BCUT2D eigenvalue weighted by Crippen LogP contribution is -2.44. The molecule has 3 aliphatic rings. The van der Waals surface area contributed by atoms with E-state index in [9.17, 15) is 30.9 Å². The number of benzene rings is 1. The molecule has 0 heterocycles. The third-order valence-corrected chi connectivity index (χ3v) is 10.4. The van der Waals surface area contributed by atoms with E-state index < -0.39 is 26.8 Å². The number of fused-ring (bicyclic) bond motifs is 5. The summed E-state index contributed by atoms with van der Waals surface area (Å²) >= 11 is 0. The Morgan fingerprint density at radius 3 is 2.42 bits per heavy atom. The third-order valence-electron chi connectivity index (χ3n) is 9.56. The number of unbranched alkanes of at least 4 members (excludes halogenated alkanes) is 5. The largest absolute Gasteiger partial charge is 0.416 e. The fourth-order valence-corrected chi connectivity index (χ4v) is 8.42. The van der Waals surface area contributed by atoms with Crippen LogP contribution in [0.2, 0.25) is 0 Å². The summed E-state index contributed by atoms with van der Waals surface area (Å²) in [5.74, 6) is 0.278. The molecule has 1 aromatic carbocycles. The van der Waals surface area contributed by atoms with Gasteiger partial charge >= 0.3 is 6.18 Å². The first-order valence-electron chi connectivity index (χ1n) is 13.6. The number of rotatable bonds is 9. The van der Waals surface area contributed by atoms with Crippen LogP contribution in [0.3, 0.4) is 0 Å². The highest BCUT2D eigenvalue weighted by molar-refractivity contribution is 7.85. The molecule has 0 spiro atoms. The minimum atomic E-state index is -4.74. The van der Waals surface area contributed by atoms with Crippen molar-refractivity contribution in [3.8, 4) is 0 Å². The fourth-order valence-electron chi connectivity index (χ4n) is 7.87. The normalized spacial score (nSPS) is 29.9. The van der Waals surface area contributed by atoms with Gasteiger partial charge in [0.05, 0.1) is 10.5 Å². The summed E-state index contributed by atoms with van der Waals surface area (Å²) in [5.41, 5.74) is -0.504. The van der Waals surface area contributed by atoms with E-state index >= 15 is 0 Å². The van der Waals surface area contributed by atoms with Crippen molar-refractivity contribution in [1.29, 1.82) is 0 Å². The Hall–Kier alpha value is -1.41. The number of ketones is 1. The maximum absolute atomic E-state index is 14.1. The number of carbonyl (C=O) groups excluding carboxylic acids is 1. The zero-order chi connectivity index (χ0) is 26.3. The predicted octanol–water partition coefficient (Wildman–Crippen LogP) is 7.74. The van der Waals surface area contributed by atoms with Crippen LogP contribution in [0.1, 0.15) is 114 Å². The van der Waals surface area contributed by atoms with Gasteiger partial charge in [0.25, 0.3) is 10.1 Å². The first-order chi connectivity index (χ1) is 16.9. The van der Waals surface area contributed by atoms with Gasteiger partial charge in [-0.2, -0.15) is 21.6 Å². The van der Waals surface area contributed by atoms with E-state index in [0.717, 1.165) is 32.1 Å². The van der Waals surface area contributed by atoms with Gasteiger partial charge in [0.2, 0.25) is 0 Å². The molecule has 3 aliphatic carbocycles. The standard InChI is InChI=1S/C28H39F3O4S/c1-3-4-5-6-7-8-9-25(32)23-13-12-22-20-11-10-18-16-19(36(33,34)35)17-24(28(29,30)31)26(18)21(20)14-15-27(22,23)2/h16-17,20-23H,3-15H2,1-2H3,(H,33,34,35)/t20-,21+,22+,23-,27+/m1/s1. The minimum Gasteiger partial charge on any atom is -0.299 e. The van der Waals surface area contributed by atoms with Gasteiger partial charge in [-0.3, -0.25) is 9.35 Å². The molecule has 4 nitrogen and oxygen atoms in total. The van der Waals surface area contributed by atoms with E-state index in [-0.39, 0.29) is 34.7 Å². The van der Waals surface area contributed by atoms with E-state index in [1.54, 1.807) is 0 Å². The Balaban J connectivity index is 1.54. The monoisotopic (exact) mass is 528 g/mol. The lowest BCUT2D eigenvalue weighted by Gasteiger charge is -2.51. The lowest BCUT2D eigenvalue weighted by molar-refractivity contribution is -0.139. The molecule has 0 aromatic heterocycles. The first-order valence-corrected chi connectivity index (χ1v) is 15.1. The molecule has 0 amide bonds. The molecule has 5 atom stereocenters. The van der Waals surface area contributed by atoms with E-state index in [2.05, 4.69) is 13.8 Å². The van der Waals surface area contributed by atoms with Crippen LogP contribution in [0.25, 0.3) is 0 Å². The summed E-state index contributed by atoms with van der Waals surface area (Å²) in [6, 6.07) is 1.83. The van der Waals surface area contributed by atoms with E-state index in [4.69, 9.17) is 0 Å². The molecule has 8 heteroatoms. The molecule has 1 aromatic rings. The maximum Gasteiger partial charge on any atom is 0.416 e. The molecule has 2 fully saturated rings. The summed E-state index contributed by atoms with van der Waals surface area (Å²) in [6.07, 6.45) is 6.69. The van der Waals surface area contributed by atoms with Crippen molar-refractivity contribution in [3.63, 3.8) is 0 Å². The van der Waals surface area contributed by atoms with E-state index in [0.29, 0.717) is 49.5 Å². The molecular weight excluding hydrogens is 489 g/mol. The molecule has 0 saturated heterocycles. The Morgan fingerprint density at radius 1 is 1.06 bits per heavy atom. The Morgan fingerprint density at radius 2 is 1.75 bits per heavy atom. The summed E-state index contributed by atoms with van der Waals surface area (Å²) in [4.78, 5) is 12.6. The first kappa shape index (κ1) is 27.6. The SMILES string of the molecule is CCCCCCCCC(=O)[C@H]1CC[C@H]2[C@@H]3CCc4cc(S(=O)(=O)O)cc(C(F)(F)F)c4[C@H]3CC[C@]12C. The van der Waals surface area contributed by atoms with Gasteiger partial charge in [0.1, 0.15) is 5.78 Å². The van der Waals surface area contributed by atoms with Crippen molar-refractivity contribution in [2.45, 2.75) is 114 Å². The van der Waals surface area contributed by atoms with Gasteiger partial charge in [0, 0.05) is 12.3 Å². The zero-order valence-corrected chi connectivity index (χ0v) is 22.2. The van der Waals surface area contributed by atoms with Crippen LogP contribution < -0.4 is 0 Å². The van der Waals surface area contributed by atoms with Crippen molar-refractivity contribution in [1.82, 2.24) is 0 Å². The quantitative estimate of drug-likeness (QED) is 0.263. The van der Waals surface area contributed by atoms with Crippen molar-refractivity contribution < 1.29 is 30.9 Å². The zero-order valence-electron chi connectivity index (χ0n) is 21.4. The van der Waals surface area contributed by atoms with Crippen LogP contribution in [0.5, 0.6) is 0 Å². The van der Waals surface area contributed by atoms with E-state index in [1.807, 2.05) is 0 Å². The minimum absolute atomic E-state index is 0.00974. The molecule has 202 valence electrons. The summed E-state index contributed by atoms with van der Waals surface area (Å²) in [7, 11) is -4.74. The summed E-state index contributed by atoms with van der Waals surface area (Å²) < 4.78 is 75.1. The topological polar surface area (TPSA) is 71.4 Å². The van der Waals surface area contributed by atoms with E-state index in [1.165, 1.54) is 25.3 Å². The molecule has 1 N–H and O–H groups in total.